The summed E-state index contributed by atoms with van der Waals surface area (Å²) in [6, 6.07) is 8.50. The molecule has 0 bridgehead atoms. The van der Waals surface area contributed by atoms with Gasteiger partial charge in [0.1, 0.15) is 11.8 Å². The van der Waals surface area contributed by atoms with Crippen LogP contribution >= 0.6 is 0 Å². The smallest absolute Gasteiger partial charge is 0.321 e. The fourth-order valence-electron chi connectivity index (χ4n) is 1.93. The number of amides is 1. The molecule has 120 valence electrons. The molecule has 0 radical (unpaired) electrons. The number of carboxylic acid groups (broad SMARTS) is 1. The first-order valence-corrected chi connectivity index (χ1v) is 6.98. The van der Waals surface area contributed by atoms with E-state index >= 15 is 0 Å². The summed E-state index contributed by atoms with van der Waals surface area (Å²) in [5.41, 5.74) is 1.32. The van der Waals surface area contributed by atoms with Crippen molar-refractivity contribution in [2.24, 2.45) is 0 Å². The highest BCUT2D eigenvalue weighted by Gasteiger charge is 2.20. The quantitative estimate of drug-likeness (QED) is 0.574. The second-order valence-electron chi connectivity index (χ2n) is 4.93. The Balaban J connectivity index is 1.89. The number of hydrogen-bond donors (Lipinski definition) is 4. The van der Waals surface area contributed by atoms with Crippen molar-refractivity contribution in [3.8, 4) is 5.75 Å². The first kappa shape index (κ1) is 16.4. The molecule has 1 aromatic carbocycles. The third-order valence-electron chi connectivity index (χ3n) is 3.11. The van der Waals surface area contributed by atoms with Gasteiger partial charge < -0.3 is 15.5 Å². The van der Waals surface area contributed by atoms with Gasteiger partial charge in [0.25, 0.3) is 0 Å². The largest absolute Gasteiger partial charge is 0.508 e. The van der Waals surface area contributed by atoms with Crippen molar-refractivity contribution < 1.29 is 19.8 Å². The summed E-state index contributed by atoms with van der Waals surface area (Å²) < 4.78 is 0. The number of phenols is 1. The second-order valence-corrected chi connectivity index (χ2v) is 4.93. The van der Waals surface area contributed by atoms with Gasteiger partial charge in [0.15, 0.2) is 0 Å². The Kier molecular flexibility index (Phi) is 5.65. The molecule has 7 nitrogen and oxygen atoms in total. The summed E-state index contributed by atoms with van der Waals surface area (Å²) >= 11 is 0. The van der Waals surface area contributed by atoms with E-state index in [1.807, 2.05) is 6.07 Å². The number of aromatic nitrogens is 1. The molecule has 0 aliphatic carbocycles. The minimum absolute atomic E-state index is 0.0875. The van der Waals surface area contributed by atoms with Gasteiger partial charge in [-0.1, -0.05) is 6.07 Å². The molecular weight excluding hydrogens is 298 g/mol. The number of carbonyl (C=O) groups is 2. The maximum Gasteiger partial charge on any atom is 0.321 e. The Morgan fingerprint density at radius 1 is 1.17 bits per heavy atom. The van der Waals surface area contributed by atoms with Crippen LogP contribution in [0.5, 0.6) is 5.75 Å². The Morgan fingerprint density at radius 2 is 1.91 bits per heavy atom. The van der Waals surface area contributed by atoms with E-state index in [9.17, 15) is 19.8 Å². The van der Waals surface area contributed by atoms with Crippen molar-refractivity contribution in [1.29, 1.82) is 0 Å². The first-order chi connectivity index (χ1) is 11.0. The van der Waals surface area contributed by atoms with Gasteiger partial charge in [0.2, 0.25) is 5.91 Å². The number of rotatable bonds is 7. The number of nitrogens with zero attached hydrogens (tertiary/aromatic N) is 1. The SMILES string of the molecule is O=C(C[C@H](NCc1cccnc1)C(=O)O)Nc1ccc(O)cc1. The zero-order valence-electron chi connectivity index (χ0n) is 12.3. The molecule has 0 saturated heterocycles. The summed E-state index contributed by atoms with van der Waals surface area (Å²) in [6.07, 6.45) is 3.04. The zero-order chi connectivity index (χ0) is 16.7. The van der Waals surface area contributed by atoms with Gasteiger partial charge >= 0.3 is 5.97 Å². The first-order valence-electron chi connectivity index (χ1n) is 6.98. The molecule has 7 heteroatoms. The number of pyridine rings is 1. The average molecular weight is 315 g/mol. The summed E-state index contributed by atoms with van der Waals surface area (Å²) in [5, 5.41) is 23.8. The maximum atomic E-state index is 11.9. The molecule has 1 heterocycles. The van der Waals surface area contributed by atoms with Gasteiger partial charge in [0, 0.05) is 24.6 Å². The van der Waals surface area contributed by atoms with Crippen LogP contribution in [0, 0.1) is 0 Å². The van der Waals surface area contributed by atoms with Crippen LogP contribution in [0.1, 0.15) is 12.0 Å². The Bertz CT molecular complexity index is 659. The highest BCUT2D eigenvalue weighted by molar-refractivity contribution is 5.94. The van der Waals surface area contributed by atoms with Crippen molar-refractivity contribution >= 4 is 17.6 Å². The van der Waals surface area contributed by atoms with Gasteiger partial charge in [-0.3, -0.25) is 19.9 Å². The van der Waals surface area contributed by atoms with Crippen LogP contribution in [-0.4, -0.2) is 33.1 Å². The van der Waals surface area contributed by atoms with E-state index in [1.54, 1.807) is 18.5 Å². The van der Waals surface area contributed by atoms with Gasteiger partial charge in [0.05, 0.1) is 6.42 Å². The number of phenolic OH excluding ortho intramolecular Hbond substituents is 1. The van der Waals surface area contributed by atoms with Crippen molar-refractivity contribution in [3.63, 3.8) is 0 Å². The molecule has 1 atom stereocenters. The molecule has 0 aliphatic heterocycles. The second kappa shape index (κ2) is 7.90. The standard InChI is InChI=1S/C16H17N3O4/c20-13-5-3-12(4-6-13)19-15(21)8-14(16(22)23)18-10-11-2-1-7-17-9-11/h1-7,9,14,18,20H,8,10H2,(H,19,21)(H,22,23)/t14-/m0/s1. The van der Waals surface area contributed by atoms with E-state index in [-0.39, 0.29) is 12.2 Å². The number of hydrogen-bond acceptors (Lipinski definition) is 5. The topological polar surface area (TPSA) is 112 Å². The lowest BCUT2D eigenvalue weighted by Gasteiger charge is -2.14. The van der Waals surface area contributed by atoms with Gasteiger partial charge in [-0.25, -0.2) is 0 Å². The third-order valence-corrected chi connectivity index (χ3v) is 3.11. The lowest BCUT2D eigenvalue weighted by molar-refractivity contribution is -0.141. The lowest BCUT2D eigenvalue weighted by atomic mass is 10.1. The third kappa shape index (κ3) is 5.40. The fraction of sp³-hybridized carbons (Fsp3) is 0.188. The van der Waals surface area contributed by atoms with Crippen LogP contribution in [0.3, 0.4) is 0 Å². The van der Waals surface area contributed by atoms with Crippen molar-refractivity contribution in [2.45, 2.75) is 19.0 Å². The molecule has 4 N–H and O–H groups in total. The number of aliphatic carboxylic acids is 1. The Hall–Kier alpha value is -2.93. The normalized spacial score (nSPS) is 11.7. The molecule has 2 rings (SSSR count). The molecule has 0 unspecified atom stereocenters. The van der Waals surface area contributed by atoms with E-state index in [2.05, 4.69) is 15.6 Å². The van der Waals surface area contributed by atoms with Gasteiger partial charge in [-0.15, -0.1) is 0 Å². The van der Waals surface area contributed by atoms with E-state index in [4.69, 9.17) is 0 Å². The van der Waals surface area contributed by atoms with Crippen LogP contribution in [-0.2, 0) is 16.1 Å². The molecular formula is C16H17N3O4. The molecule has 0 spiro atoms. The maximum absolute atomic E-state index is 11.9. The fourth-order valence-corrected chi connectivity index (χ4v) is 1.93. The van der Waals surface area contributed by atoms with E-state index in [0.717, 1.165) is 5.56 Å². The van der Waals surface area contributed by atoms with Crippen molar-refractivity contribution in [1.82, 2.24) is 10.3 Å². The molecule has 2 aromatic rings. The van der Waals surface area contributed by atoms with Crippen LogP contribution in [0.4, 0.5) is 5.69 Å². The average Bonchev–Trinajstić information content (AvgIpc) is 2.54. The molecule has 0 saturated carbocycles. The monoisotopic (exact) mass is 315 g/mol. The van der Waals surface area contributed by atoms with E-state index < -0.39 is 17.9 Å². The van der Waals surface area contributed by atoms with Gasteiger partial charge in [-0.05, 0) is 35.9 Å². The minimum Gasteiger partial charge on any atom is -0.508 e. The molecule has 23 heavy (non-hydrogen) atoms. The van der Waals surface area contributed by atoms with Crippen molar-refractivity contribution in [2.75, 3.05) is 5.32 Å². The predicted octanol–water partition coefficient (Wildman–Crippen LogP) is 1.36. The Morgan fingerprint density at radius 3 is 2.52 bits per heavy atom. The van der Waals surface area contributed by atoms with Crippen LogP contribution < -0.4 is 10.6 Å². The molecule has 1 aromatic heterocycles. The Labute approximate surface area is 133 Å². The summed E-state index contributed by atoms with van der Waals surface area (Å²) in [4.78, 5) is 27.1. The van der Waals surface area contributed by atoms with Crippen LogP contribution in [0.2, 0.25) is 0 Å². The number of benzene rings is 1. The number of anilines is 1. The van der Waals surface area contributed by atoms with E-state index in [0.29, 0.717) is 12.2 Å². The number of carbonyl (C=O) groups excluding carboxylic acids is 1. The van der Waals surface area contributed by atoms with Crippen molar-refractivity contribution in [3.05, 3.63) is 54.4 Å². The number of aromatic hydroxyl groups is 1. The molecule has 0 fully saturated rings. The molecule has 1 amide bonds. The highest BCUT2D eigenvalue weighted by atomic mass is 16.4. The lowest BCUT2D eigenvalue weighted by Crippen LogP contribution is -2.39. The van der Waals surface area contributed by atoms with Gasteiger partial charge in [-0.2, -0.15) is 0 Å². The predicted molar refractivity (Wildman–Crippen MR) is 83.9 cm³/mol. The summed E-state index contributed by atoms with van der Waals surface area (Å²) in [5.74, 6) is -1.44. The highest BCUT2D eigenvalue weighted by Crippen LogP contribution is 2.14. The van der Waals surface area contributed by atoms with Crippen LogP contribution in [0.25, 0.3) is 0 Å². The summed E-state index contributed by atoms with van der Waals surface area (Å²) in [7, 11) is 0. The zero-order valence-corrected chi connectivity index (χ0v) is 12.3. The number of nitrogens with one attached hydrogen (secondary N) is 2. The number of carboxylic acids is 1. The molecule has 0 aliphatic rings. The summed E-state index contributed by atoms with van der Waals surface area (Å²) in [6.45, 7) is 0.303. The van der Waals surface area contributed by atoms with E-state index in [1.165, 1.54) is 24.3 Å². The minimum atomic E-state index is -1.10. The van der Waals surface area contributed by atoms with Crippen LogP contribution in [0.15, 0.2) is 48.8 Å².